The molecule has 13 nitrogen and oxygen atoms in total. The quantitative estimate of drug-likeness (QED) is 0.105. The van der Waals surface area contributed by atoms with Gasteiger partial charge in [-0.05, 0) is 32.9 Å². The topological polar surface area (TPSA) is 168 Å². The van der Waals surface area contributed by atoms with Crippen LogP contribution in [0.2, 0.25) is 0 Å². The molecule has 0 bridgehead atoms. The van der Waals surface area contributed by atoms with E-state index in [1.54, 1.807) is 13.8 Å². The number of amides is 1. The first-order valence-electron chi connectivity index (χ1n) is 11.6. The van der Waals surface area contributed by atoms with Gasteiger partial charge in [-0.3, -0.25) is 4.84 Å². The molecule has 39 heavy (non-hydrogen) atoms. The highest BCUT2D eigenvalue weighted by atomic mass is 16.7. The molecule has 2 heterocycles. The van der Waals surface area contributed by atoms with Gasteiger partial charge in [0.15, 0.2) is 12.2 Å². The van der Waals surface area contributed by atoms with Crippen LogP contribution in [-0.2, 0) is 23.9 Å². The summed E-state index contributed by atoms with van der Waals surface area (Å²) in [7, 11) is 2.65. The van der Waals surface area contributed by atoms with Crippen LogP contribution >= 0.6 is 0 Å². The minimum absolute atomic E-state index is 0.0355. The van der Waals surface area contributed by atoms with Gasteiger partial charge in [-0.2, -0.15) is 5.48 Å². The van der Waals surface area contributed by atoms with Crippen molar-refractivity contribution in [3.63, 3.8) is 0 Å². The lowest BCUT2D eigenvalue weighted by molar-refractivity contribution is -0.296. The van der Waals surface area contributed by atoms with Crippen LogP contribution in [-0.4, -0.2) is 73.0 Å². The minimum Gasteiger partial charge on any atom is -0.506 e. The molecule has 1 amide bonds. The number of hydroxylamine groups is 1. The predicted molar refractivity (Wildman–Crippen MR) is 137 cm³/mol. The fourth-order valence-corrected chi connectivity index (χ4v) is 4.21. The number of benzene rings is 1. The van der Waals surface area contributed by atoms with Gasteiger partial charge < -0.3 is 38.4 Å². The molecule has 5 atom stereocenters. The van der Waals surface area contributed by atoms with E-state index in [0.29, 0.717) is 5.56 Å². The summed E-state index contributed by atoms with van der Waals surface area (Å²) in [5.41, 5.74) is 0.197. The summed E-state index contributed by atoms with van der Waals surface area (Å²) in [5, 5.41) is 25.8. The van der Waals surface area contributed by atoms with E-state index in [2.05, 4.69) is 22.5 Å². The van der Waals surface area contributed by atoms with Gasteiger partial charge in [0.2, 0.25) is 6.29 Å². The number of carbonyl (C=O) groups excluding carboxylic acids is 1. The number of nitrogens with zero attached hydrogens (tertiary/aromatic N) is 1. The van der Waals surface area contributed by atoms with Crippen molar-refractivity contribution < 1.29 is 48.0 Å². The monoisotopic (exact) mass is 546 g/mol. The van der Waals surface area contributed by atoms with Crippen LogP contribution in [0.25, 0.3) is 11.0 Å². The van der Waals surface area contributed by atoms with Crippen LogP contribution in [0.5, 0.6) is 11.5 Å². The molecule has 1 saturated heterocycles. The first-order valence-corrected chi connectivity index (χ1v) is 11.6. The SMILES string of the molecule is C#CCONC(=O)O[C@H]1[C@@H](O)[C@H](Oc2ccc3c(O)c(/C(C)=N/OC)c(=O)oc3c2C)O[C@@](C)(C=C)[C@@H]1OC. The molecule has 0 aliphatic carbocycles. The van der Waals surface area contributed by atoms with Gasteiger partial charge in [0.1, 0.15) is 48.1 Å². The van der Waals surface area contributed by atoms with Crippen molar-refractivity contribution in [3.05, 3.63) is 46.3 Å². The van der Waals surface area contributed by atoms with Crippen molar-refractivity contribution in [2.45, 2.75) is 51.0 Å². The van der Waals surface area contributed by atoms with E-state index >= 15 is 0 Å². The lowest BCUT2D eigenvalue weighted by Crippen LogP contribution is -2.65. The second kappa shape index (κ2) is 12.2. The van der Waals surface area contributed by atoms with E-state index < -0.39 is 41.9 Å². The standard InChI is InChI=1S/C26H30N2O11/c1-8-12-35-28-25(32)38-21-19(30)24(39-26(5,9-2)22(21)33-6)36-16-11-10-15-18(29)17(14(4)27-34-7)23(31)37-20(15)13(16)3/h1,9-11,19,21-22,24,29-30H,2,12H2,3-7H3,(H,28,32)/b27-14+/t19-,21+,22-,24-,26+/m1/s1. The Morgan fingerprint density at radius 3 is 2.72 bits per heavy atom. The minimum atomic E-state index is -1.56. The Morgan fingerprint density at radius 1 is 1.38 bits per heavy atom. The number of hydrogen-bond donors (Lipinski definition) is 3. The first-order chi connectivity index (χ1) is 18.5. The van der Waals surface area contributed by atoms with E-state index in [0.717, 1.165) is 0 Å². The zero-order chi connectivity index (χ0) is 28.9. The highest BCUT2D eigenvalue weighted by Crippen LogP contribution is 2.38. The Morgan fingerprint density at radius 2 is 2.10 bits per heavy atom. The second-order valence-corrected chi connectivity index (χ2v) is 8.64. The molecule has 1 fully saturated rings. The van der Waals surface area contributed by atoms with Crippen LogP contribution in [0.4, 0.5) is 4.79 Å². The fraction of sp³-hybridized carbons (Fsp3) is 0.423. The van der Waals surface area contributed by atoms with Gasteiger partial charge in [-0.15, -0.1) is 13.0 Å². The van der Waals surface area contributed by atoms with Crippen molar-refractivity contribution in [2.75, 3.05) is 20.8 Å². The molecule has 0 radical (unpaired) electrons. The van der Waals surface area contributed by atoms with Crippen molar-refractivity contribution in [1.82, 2.24) is 5.48 Å². The van der Waals surface area contributed by atoms with Crippen molar-refractivity contribution in [3.8, 4) is 23.8 Å². The molecule has 1 aromatic carbocycles. The number of fused-ring (bicyclic) bond motifs is 1. The summed E-state index contributed by atoms with van der Waals surface area (Å²) in [4.78, 5) is 34.4. The molecular weight excluding hydrogens is 516 g/mol. The maximum absolute atomic E-state index is 12.6. The molecule has 1 aliphatic heterocycles. The lowest BCUT2D eigenvalue weighted by atomic mass is 9.88. The third-order valence-electron chi connectivity index (χ3n) is 6.14. The molecule has 0 unspecified atom stereocenters. The van der Waals surface area contributed by atoms with Crippen LogP contribution in [0.15, 0.2) is 39.2 Å². The number of aryl methyl sites for hydroxylation is 1. The Labute approximate surface area is 223 Å². The molecular formula is C26H30N2O11. The molecule has 13 heteroatoms. The zero-order valence-corrected chi connectivity index (χ0v) is 22.0. The van der Waals surface area contributed by atoms with Crippen LogP contribution < -0.4 is 15.8 Å². The highest BCUT2D eigenvalue weighted by Gasteiger charge is 2.54. The zero-order valence-electron chi connectivity index (χ0n) is 22.0. The highest BCUT2D eigenvalue weighted by molar-refractivity contribution is 6.04. The summed E-state index contributed by atoms with van der Waals surface area (Å²) in [6.07, 6.45) is 0.199. The summed E-state index contributed by atoms with van der Waals surface area (Å²) in [6.45, 7) is 8.23. The number of aliphatic hydroxyl groups excluding tert-OH is 1. The maximum atomic E-state index is 12.6. The lowest BCUT2D eigenvalue weighted by Gasteiger charge is -2.47. The number of methoxy groups -OCH3 is 1. The smallest absolute Gasteiger partial charge is 0.431 e. The number of aliphatic hydroxyl groups is 1. The van der Waals surface area contributed by atoms with E-state index in [-0.39, 0.29) is 40.4 Å². The van der Waals surface area contributed by atoms with Crippen LogP contribution in [0, 0.1) is 19.3 Å². The molecule has 1 aliphatic rings. The van der Waals surface area contributed by atoms with Gasteiger partial charge >= 0.3 is 11.7 Å². The number of oxime groups is 1. The second-order valence-electron chi connectivity index (χ2n) is 8.64. The summed E-state index contributed by atoms with van der Waals surface area (Å²) in [6, 6.07) is 2.95. The summed E-state index contributed by atoms with van der Waals surface area (Å²) in [5.74, 6) is 1.97. The van der Waals surface area contributed by atoms with Gasteiger partial charge in [-0.25, -0.2) is 9.59 Å². The van der Waals surface area contributed by atoms with Gasteiger partial charge in [0.05, 0.1) is 11.1 Å². The fourth-order valence-electron chi connectivity index (χ4n) is 4.21. The Hall–Kier alpha value is -4.09. The molecule has 210 valence electrons. The maximum Gasteiger partial charge on any atom is 0.431 e. The number of ether oxygens (including phenoxy) is 4. The van der Waals surface area contributed by atoms with E-state index in [1.165, 1.54) is 39.4 Å². The number of hydrogen-bond acceptors (Lipinski definition) is 12. The number of rotatable bonds is 9. The van der Waals surface area contributed by atoms with Crippen molar-refractivity contribution in [2.24, 2.45) is 5.16 Å². The van der Waals surface area contributed by atoms with Crippen LogP contribution in [0.1, 0.15) is 25.0 Å². The number of nitrogens with one attached hydrogen (secondary N) is 1. The van der Waals surface area contributed by atoms with Crippen LogP contribution in [0.3, 0.4) is 0 Å². The van der Waals surface area contributed by atoms with Gasteiger partial charge in [0.25, 0.3) is 0 Å². The summed E-state index contributed by atoms with van der Waals surface area (Å²) >= 11 is 0. The van der Waals surface area contributed by atoms with Gasteiger partial charge in [0, 0.05) is 12.7 Å². The third kappa shape index (κ3) is 5.84. The normalized spacial score (nSPS) is 25.0. The number of carbonyl (C=O) groups is 1. The number of aromatic hydroxyl groups is 1. The average molecular weight is 547 g/mol. The largest absolute Gasteiger partial charge is 0.506 e. The molecule has 0 spiro atoms. The van der Waals surface area contributed by atoms with E-state index in [9.17, 15) is 19.8 Å². The Bertz CT molecular complexity index is 1360. The Kier molecular flexibility index (Phi) is 9.20. The molecule has 0 saturated carbocycles. The molecule has 3 rings (SSSR count). The van der Waals surface area contributed by atoms with E-state index in [1.807, 2.05) is 5.48 Å². The molecule has 3 N–H and O–H groups in total. The first kappa shape index (κ1) is 29.5. The predicted octanol–water partition coefficient (Wildman–Crippen LogP) is 1.89. The van der Waals surface area contributed by atoms with E-state index in [4.69, 9.17) is 34.6 Å². The third-order valence-corrected chi connectivity index (χ3v) is 6.14. The van der Waals surface area contributed by atoms with Gasteiger partial charge in [-0.1, -0.05) is 17.2 Å². The average Bonchev–Trinajstić information content (AvgIpc) is 2.89. The number of terminal acetylenes is 1. The molecule has 2 aromatic rings. The molecule has 1 aromatic heterocycles. The Balaban J connectivity index is 1.98. The van der Waals surface area contributed by atoms with Crippen molar-refractivity contribution >= 4 is 22.8 Å². The summed E-state index contributed by atoms with van der Waals surface area (Å²) < 4.78 is 28.3. The van der Waals surface area contributed by atoms with Crippen molar-refractivity contribution in [1.29, 1.82) is 0 Å².